The van der Waals surface area contributed by atoms with Gasteiger partial charge in [0, 0.05) is 19.5 Å². The Labute approximate surface area is 137 Å². The minimum absolute atomic E-state index is 0.208. The van der Waals surface area contributed by atoms with Gasteiger partial charge in [-0.05, 0) is 27.2 Å². The first-order chi connectivity index (χ1) is 10.4. The fourth-order valence-corrected chi connectivity index (χ4v) is 2.89. The molecule has 0 radical (unpaired) electrons. The highest BCUT2D eigenvalue weighted by atomic mass is 32.2. The van der Waals surface area contributed by atoms with Crippen molar-refractivity contribution in [1.29, 1.82) is 0 Å². The topological polar surface area (TPSA) is 105 Å². The van der Waals surface area contributed by atoms with Crippen LogP contribution in [0.4, 0.5) is 4.79 Å². The molecule has 0 saturated heterocycles. The summed E-state index contributed by atoms with van der Waals surface area (Å²) >= 11 is 0. The lowest BCUT2D eigenvalue weighted by atomic mass is 10.2. The van der Waals surface area contributed by atoms with Gasteiger partial charge in [-0.25, -0.2) is 9.52 Å². The van der Waals surface area contributed by atoms with E-state index in [0.29, 0.717) is 0 Å². The van der Waals surface area contributed by atoms with Gasteiger partial charge in [0.25, 0.3) is 5.91 Å². The standard InChI is InChI=1S/C14H25N3O5S/c1-7-10-9-14(10,15-12(19)22-13(3,4)5)11(18)16-23(20,21)17(6)8-2/h7,10H,1,8-9H2,2-6H3,(H,15,19)(H,16,18)/t10?,14-/m1/s1. The molecule has 1 aliphatic rings. The van der Waals surface area contributed by atoms with Crippen LogP contribution in [0.2, 0.25) is 0 Å². The minimum Gasteiger partial charge on any atom is -0.444 e. The molecule has 2 atom stereocenters. The van der Waals surface area contributed by atoms with Crippen LogP contribution in [-0.4, -0.2) is 49.5 Å². The predicted molar refractivity (Wildman–Crippen MR) is 85.8 cm³/mol. The highest BCUT2D eigenvalue weighted by Crippen LogP contribution is 2.44. The fourth-order valence-electron chi connectivity index (χ4n) is 1.98. The molecule has 1 rings (SSSR count). The summed E-state index contributed by atoms with van der Waals surface area (Å²) in [5.74, 6) is -1.15. The Morgan fingerprint density at radius 3 is 2.39 bits per heavy atom. The van der Waals surface area contributed by atoms with Gasteiger partial charge >= 0.3 is 16.3 Å². The van der Waals surface area contributed by atoms with Gasteiger partial charge in [0.1, 0.15) is 11.1 Å². The zero-order chi connectivity index (χ0) is 18.1. The molecule has 0 aliphatic heterocycles. The number of hydrogen-bond acceptors (Lipinski definition) is 5. The van der Waals surface area contributed by atoms with Crippen LogP contribution in [0.25, 0.3) is 0 Å². The molecule has 0 heterocycles. The van der Waals surface area contributed by atoms with Crippen molar-refractivity contribution < 1.29 is 22.7 Å². The summed E-state index contributed by atoms with van der Waals surface area (Å²) in [5, 5.41) is 2.48. The summed E-state index contributed by atoms with van der Waals surface area (Å²) in [7, 11) is -2.60. The SMILES string of the molecule is C=CC1C[C@]1(NC(=O)OC(C)(C)C)C(=O)NS(=O)(=O)N(C)CC. The van der Waals surface area contributed by atoms with Crippen LogP contribution in [0, 0.1) is 5.92 Å². The van der Waals surface area contributed by atoms with Crippen LogP contribution in [0.15, 0.2) is 12.7 Å². The van der Waals surface area contributed by atoms with Gasteiger partial charge < -0.3 is 10.1 Å². The van der Waals surface area contributed by atoms with Crippen LogP contribution in [-0.2, 0) is 19.7 Å². The largest absolute Gasteiger partial charge is 0.444 e. The molecular formula is C14H25N3O5S. The monoisotopic (exact) mass is 347 g/mol. The maximum Gasteiger partial charge on any atom is 0.408 e. The average Bonchev–Trinajstić information content (AvgIpc) is 3.09. The van der Waals surface area contributed by atoms with Crippen molar-refractivity contribution >= 4 is 22.2 Å². The van der Waals surface area contributed by atoms with Crippen LogP contribution in [0.3, 0.4) is 0 Å². The normalized spacial score (nSPS) is 24.0. The van der Waals surface area contributed by atoms with E-state index in [1.165, 1.54) is 13.1 Å². The number of carbonyl (C=O) groups is 2. The first-order valence-corrected chi connectivity index (χ1v) is 8.74. The summed E-state index contributed by atoms with van der Waals surface area (Å²) in [6.07, 6.45) is 0.998. The van der Waals surface area contributed by atoms with E-state index >= 15 is 0 Å². The Kier molecular flexibility index (Phi) is 5.48. The molecule has 23 heavy (non-hydrogen) atoms. The summed E-state index contributed by atoms with van der Waals surface area (Å²) in [6, 6.07) is 0. The second-order valence-corrected chi connectivity index (χ2v) is 8.27. The average molecular weight is 347 g/mol. The zero-order valence-electron chi connectivity index (χ0n) is 14.2. The zero-order valence-corrected chi connectivity index (χ0v) is 15.0. The van der Waals surface area contributed by atoms with E-state index in [9.17, 15) is 18.0 Å². The molecule has 8 nitrogen and oxygen atoms in total. The molecule has 0 aromatic heterocycles. The maximum atomic E-state index is 12.4. The maximum absolute atomic E-state index is 12.4. The Balaban J connectivity index is 2.88. The van der Waals surface area contributed by atoms with Crippen molar-refractivity contribution in [3.8, 4) is 0 Å². The van der Waals surface area contributed by atoms with Crippen LogP contribution in [0.5, 0.6) is 0 Å². The third-order valence-electron chi connectivity index (χ3n) is 3.51. The highest BCUT2D eigenvalue weighted by Gasteiger charge is 2.61. The summed E-state index contributed by atoms with van der Waals surface area (Å²) in [4.78, 5) is 24.3. The molecule has 0 aromatic carbocycles. The molecule has 1 aliphatic carbocycles. The molecule has 1 unspecified atom stereocenters. The third kappa shape index (κ3) is 4.68. The molecule has 1 fully saturated rings. The molecule has 0 spiro atoms. The van der Waals surface area contributed by atoms with Crippen LogP contribution >= 0.6 is 0 Å². The van der Waals surface area contributed by atoms with Crippen molar-refractivity contribution in [2.24, 2.45) is 5.92 Å². The van der Waals surface area contributed by atoms with Crippen LogP contribution < -0.4 is 10.0 Å². The van der Waals surface area contributed by atoms with Gasteiger partial charge in [-0.3, -0.25) is 4.79 Å². The van der Waals surface area contributed by atoms with E-state index in [2.05, 4.69) is 11.9 Å². The number of ether oxygens (including phenoxy) is 1. The fraction of sp³-hybridized carbons (Fsp3) is 0.714. The Hall–Kier alpha value is -1.61. The van der Waals surface area contributed by atoms with Crippen molar-refractivity contribution in [3.63, 3.8) is 0 Å². The molecule has 2 N–H and O–H groups in total. The van der Waals surface area contributed by atoms with Gasteiger partial charge in [-0.1, -0.05) is 13.0 Å². The first-order valence-electron chi connectivity index (χ1n) is 7.30. The number of alkyl carbamates (subject to hydrolysis) is 1. The van der Waals surface area contributed by atoms with E-state index in [0.717, 1.165) is 4.31 Å². The van der Waals surface area contributed by atoms with Gasteiger partial charge in [0.05, 0.1) is 0 Å². The molecule has 132 valence electrons. The van der Waals surface area contributed by atoms with Crippen molar-refractivity contribution in [2.75, 3.05) is 13.6 Å². The number of nitrogens with zero attached hydrogens (tertiary/aromatic N) is 1. The lowest BCUT2D eigenvalue weighted by molar-refractivity contribution is -0.122. The summed E-state index contributed by atoms with van der Waals surface area (Å²) in [5.41, 5.74) is -2.07. The van der Waals surface area contributed by atoms with Gasteiger partial charge in [-0.15, -0.1) is 6.58 Å². The molecule has 2 amide bonds. The van der Waals surface area contributed by atoms with Gasteiger partial charge in [0.15, 0.2) is 0 Å². The Bertz CT molecular complexity index is 596. The Morgan fingerprint density at radius 1 is 1.43 bits per heavy atom. The number of carbonyl (C=O) groups excluding carboxylic acids is 2. The van der Waals surface area contributed by atoms with E-state index in [1.54, 1.807) is 27.7 Å². The van der Waals surface area contributed by atoms with Gasteiger partial charge in [-0.2, -0.15) is 12.7 Å². The number of amides is 2. The van der Waals surface area contributed by atoms with Crippen LogP contribution in [0.1, 0.15) is 34.1 Å². The second-order valence-electron chi connectivity index (χ2n) is 6.49. The smallest absolute Gasteiger partial charge is 0.408 e. The number of nitrogens with one attached hydrogen (secondary N) is 2. The number of rotatable bonds is 6. The predicted octanol–water partition coefficient (Wildman–Crippen LogP) is 0.769. The third-order valence-corrected chi connectivity index (χ3v) is 5.03. The van der Waals surface area contributed by atoms with Gasteiger partial charge in [0.2, 0.25) is 0 Å². The minimum atomic E-state index is -3.95. The molecule has 1 saturated carbocycles. The van der Waals surface area contributed by atoms with E-state index < -0.39 is 33.3 Å². The van der Waals surface area contributed by atoms with Crippen molar-refractivity contribution in [2.45, 2.75) is 45.3 Å². The first kappa shape index (κ1) is 19.4. The van der Waals surface area contributed by atoms with E-state index in [4.69, 9.17) is 4.74 Å². The molecule has 9 heteroatoms. The van der Waals surface area contributed by atoms with Crippen molar-refractivity contribution in [1.82, 2.24) is 14.3 Å². The quantitative estimate of drug-likeness (QED) is 0.691. The lowest BCUT2D eigenvalue weighted by Crippen LogP contribution is -2.54. The lowest BCUT2D eigenvalue weighted by Gasteiger charge is -2.24. The highest BCUT2D eigenvalue weighted by molar-refractivity contribution is 7.87. The Morgan fingerprint density at radius 2 is 2.00 bits per heavy atom. The summed E-state index contributed by atoms with van der Waals surface area (Å²) < 4.78 is 32.1. The van der Waals surface area contributed by atoms with E-state index in [1.807, 2.05) is 4.72 Å². The second kappa shape index (κ2) is 6.48. The van der Waals surface area contributed by atoms with E-state index in [-0.39, 0.29) is 18.9 Å². The number of hydrogen-bond donors (Lipinski definition) is 2. The van der Waals surface area contributed by atoms with Crippen molar-refractivity contribution in [3.05, 3.63) is 12.7 Å². The molecule has 0 aromatic rings. The molecule has 0 bridgehead atoms. The molecular weight excluding hydrogens is 322 g/mol. The summed E-state index contributed by atoms with van der Waals surface area (Å²) in [6.45, 7) is 10.5.